The molecule has 1 atom stereocenters. The van der Waals surface area contributed by atoms with Crippen LogP contribution < -0.4 is 5.32 Å². The Bertz CT molecular complexity index is 438. The predicted molar refractivity (Wildman–Crippen MR) is 67.2 cm³/mol. The Morgan fingerprint density at radius 3 is 2.42 bits per heavy atom. The molecule has 3 aliphatic rings. The van der Waals surface area contributed by atoms with Gasteiger partial charge >= 0.3 is 6.03 Å². The highest BCUT2D eigenvalue weighted by Crippen LogP contribution is 2.49. The van der Waals surface area contributed by atoms with E-state index in [0.717, 1.165) is 13.1 Å². The van der Waals surface area contributed by atoms with E-state index < -0.39 is 17.4 Å². The molecule has 0 aromatic heterocycles. The van der Waals surface area contributed by atoms with Crippen molar-refractivity contribution in [3.63, 3.8) is 0 Å². The van der Waals surface area contributed by atoms with Crippen molar-refractivity contribution in [2.75, 3.05) is 19.6 Å². The molecule has 0 aromatic rings. The molecular formula is C13H19N3O3. The maximum absolute atomic E-state index is 12.3. The van der Waals surface area contributed by atoms with E-state index in [-0.39, 0.29) is 11.9 Å². The standard InChI is InChI=1S/C13H19N3O3/c1-9(15-6-2-3-7-15)8-16-11(18)13(4-5-13)10(17)14-12(16)19/h9H,2-8H2,1H3,(H,14,17,19). The average molecular weight is 265 g/mol. The second-order valence-electron chi connectivity index (χ2n) is 5.85. The minimum Gasteiger partial charge on any atom is -0.299 e. The van der Waals surface area contributed by atoms with Crippen LogP contribution >= 0.6 is 0 Å². The Morgan fingerprint density at radius 1 is 1.21 bits per heavy atom. The van der Waals surface area contributed by atoms with Gasteiger partial charge in [-0.25, -0.2) is 4.79 Å². The third-order valence-electron chi connectivity index (χ3n) is 4.52. The van der Waals surface area contributed by atoms with Crippen LogP contribution in [0.5, 0.6) is 0 Å². The van der Waals surface area contributed by atoms with Gasteiger partial charge < -0.3 is 0 Å². The van der Waals surface area contributed by atoms with Crippen LogP contribution in [-0.4, -0.2) is 53.3 Å². The lowest BCUT2D eigenvalue weighted by Crippen LogP contribution is -2.61. The molecule has 0 bridgehead atoms. The molecule has 3 fully saturated rings. The van der Waals surface area contributed by atoms with E-state index in [2.05, 4.69) is 10.2 Å². The summed E-state index contributed by atoms with van der Waals surface area (Å²) < 4.78 is 0. The lowest BCUT2D eigenvalue weighted by atomic mass is 10.0. The smallest absolute Gasteiger partial charge is 0.299 e. The molecule has 1 unspecified atom stereocenters. The first-order valence-electron chi connectivity index (χ1n) is 6.96. The molecule has 1 saturated carbocycles. The van der Waals surface area contributed by atoms with E-state index in [1.807, 2.05) is 6.92 Å². The van der Waals surface area contributed by atoms with Gasteiger partial charge in [-0.15, -0.1) is 0 Å². The highest BCUT2D eigenvalue weighted by Gasteiger charge is 2.62. The maximum Gasteiger partial charge on any atom is 0.330 e. The molecule has 2 aliphatic heterocycles. The van der Waals surface area contributed by atoms with Crippen molar-refractivity contribution < 1.29 is 14.4 Å². The molecule has 2 heterocycles. The van der Waals surface area contributed by atoms with Crippen LogP contribution in [0.2, 0.25) is 0 Å². The zero-order valence-electron chi connectivity index (χ0n) is 11.1. The summed E-state index contributed by atoms with van der Waals surface area (Å²) in [4.78, 5) is 39.4. The van der Waals surface area contributed by atoms with Crippen LogP contribution in [0.1, 0.15) is 32.6 Å². The Balaban J connectivity index is 1.70. The van der Waals surface area contributed by atoms with Gasteiger partial charge in [-0.1, -0.05) is 0 Å². The second kappa shape index (κ2) is 4.30. The van der Waals surface area contributed by atoms with Crippen molar-refractivity contribution in [2.24, 2.45) is 5.41 Å². The van der Waals surface area contributed by atoms with E-state index >= 15 is 0 Å². The number of urea groups is 1. The van der Waals surface area contributed by atoms with Crippen LogP contribution in [0.3, 0.4) is 0 Å². The van der Waals surface area contributed by atoms with Crippen molar-refractivity contribution >= 4 is 17.8 Å². The molecule has 19 heavy (non-hydrogen) atoms. The SMILES string of the molecule is CC(CN1C(=O)NC(=O)C2(CC2)C1=O)N1CCCC1. The Hall–Kier alpha value is -1.43. The third kappa shape index (κ3) is 1.94. The van der Waals surface area contributed by atoms with Gasteiger partial charge in [0.2, 0.25) is 11.8 Å². The van der Waals surface area contributed by atoms with Gasteiger partial charge in [-0.3, -0.25) is 24.7 Å². The first kappa shape index (κ1) is 12.6. The Kier molecular flexibility index (Phi) is 2.85. The molecule has 1 spiro atoms. The topological polar surface area (TPSA) is 69.7 Å². The van der Waals surface area contributed by atoms with Crippen LogP contribution in [0.25, 0.3) is 0 Å². The average Bonchev–Trinajstić information content (AvgIpc) is 3.00. The Labute approximate surface area is 112 Å². The molecule has 2 saturated heterocycles. The fourth-order valence-corrected chi connectivity index (χ4v) is 3.03. The summed E-state index contributed by atoms with van der Waals surface area (Å²) in [5.74, 6) is -0.708. The number of likely N-dealkylation sites (tertiary alicyclic amines) is 1. The quantitative estimate of drug-likeness (QED) is 0.747. The van der Waals surface area contributed by atoms with Gasteiger partial charge in [0, 0.05) is 12.6 Å². The van der Waals surface area contributed by atoms with Gasteiger partial charge in [0.1, 0.15) is 5.41 Å². The summed E-state index contributed by atoms with van der Waals surface area (Å²) in [6.07, 6.45) is 3.49. The van der Waals surface area contributed by atoms with Gasteiger partial charge in [-0.2, -0.15) is 0 Å². The molecular weight excluding hydrogens is 246 g/mol. The monoisotopic (exact) mass is 265 g/mol. The van der Waals surface area contributed by atoms with Crippen molar-refractivity contribution in [1.82, 2.24) is 15.1 Å². The minimum absolute atomic E-state index is 0.154. The normalized spacial score (nSPS) is 27.8. The van der Waals surface area contributed by atoms with Crippen molar-refractivity contribution in [1.29, 1.82) is 0 Å². The number of rotatable bonds is 3. The number of hydrogen-bond donors (Lipinski definition) is 1. The third-order valence-corrected chi connectivity index (χ3v) is 4.52. The number of carbonyl (C=O) groups is 3. The zero-order chi connectivity index (χ0) is 13.6. The predicted octanol–water partition coefficient (Wildman–Crippen LogP) is 0.329. The van der Waals surface area contributed by atoms with Crippen LogP contribution in [0.15, 0.2) is 0 Å². The molecule has 3 rings (SSSR count). The summed E-state index contributed by atoms with van der Waals surface area (Å²) in [6, 6.07) is -0.403. The highest BCUT2D eigenvalue weighted by atomic mass is 16.2. The largest absolute Gasteiger partial charge is 0.330 e. The van der Waals surface area contributed by atoms with E-state index in [1.54, 1.807) is 0 Å². The first-order chi connectivity index (χ1) is 9.04. The van der Waals surface area contributed by atoms with Crippen molar-refractivity contribution in [3.8, 4) is 0 Å². The van der Waals surface area contributed by atoms with E-state index in [4.69, 9.17) is 0 Å². The van der Waals surface area contributed by atoms with Gasteiger partial charge in [0.15, 0.2) is 0 Å². The fourth-order valence-electron chi connectivity index (χ4n) is 3.03. The number of amides is 4. The fraction of sp³-hybridized carbons (Fsp3) is 0.769. The summed E-state index contributed by atoms with van der Waals surface area (Å²) >= 11 is 0. The number of carbonyl (C=O) groups excluding carboxylic acids is 3. The van der Waals surface area contributed by atoms with Gasteiger partial charge in [0.25, 0.3) is 0 Å². The van der Waals surface area contributed by atoms with Crippen LogP contribution in [-0.2, 0) is 9.59 Å². The summed E-state index contributed by atoms with van der Waals surface area (Å²) in [5.41, 5.74) is -0.918. The molecule has 0 aromatic carbocycles. The minimum atomic E-state index is -0.918. The van der Waals surface area contributed by atoms with E-state index in [1.165, 1.54) is 17.7 Å². The lowest BCUT2D eigenvalue weighted by Gasteiger charge is -2.34. The summed E-state index contributed by atoms with van der Waals surface area (Å²) in [5, 5.41) is 2.32. The van der Waals surface area contributed by atoms with E-state index in [0.29, 0.717) is 19.4 Å². The molecule has 104 valence electrons. The first-order valence-corrected chi connectivity index (χ1v) is 6.96. The summed E-state index contributed by atoms with van der Waals surface area (Å²) in [7, 11) is 0. The lowest BCUT2D eigenvalue weighted by molar-refractivity contribution is -0.145. The molecule has 6 heteroatoms. The number of barbiturate groups is 1. The van der Waals surface area contributed by atoms with Crippen LogP contribution in [0, 0.1) is 5.41 Å². The number of nitrogens with one attached hydrogen (secondary N) is 1. The number of hydrogen-bond acceptors (Lipinski definition) is 4. The Morgan fingerprint density at radius 2 is 1.84 bits per heavy atom. The number of imide groups is 2. The molecule has 1 N–H and O–H groups in total. The molecule has 0 radical (unpaired) electrons. The highest BCUT2D eigenvalue weighted by molar-refractivity contribution is 6.20. The van der Waals surface area contributed by atoms with E-state index in [9.17, 15) is 14.4 Å². The zero-order valence-corrected chi connectivity index (χ0v) is 11.1. The number of nitrogens with zero attached hydrogens (tertiary/aromatic N) is 2. The molecule has 6 nitrogen and oxygen atoms in total. The van der Waals surface area contributed by atoms with Gasteiger partial charge in [0.05, 0.1) is 0 Å². The van der Waals surface area contributed by atoms with Crippen molar-refractivity contribution in [3.05, 3.63) is 0 Å². The van der Waals surface area contributed by atoms with Gasteiger partial charge in [-0.05, 0) is 45.7 Å². The van der Waals surface area contributed by atoms with Crippen molar-refractivity contribution in [2.45, 2.75) is 38.6 Å². The summed E-state index contributed by atoms with van der Waals surface area (Å²) in [6.45, 7) is 4.45. The second-order valence-corrected chi connectivity index (χ2v) is 5.85. The molecule has 4 amide bonds. The van der Waals surface area contributed by atoms with Crippen LogP contribution in [0.4, 0.5) is 4.79 Å². The molecule has 1 aliphatic carbocycles. The maximum atomic E-state index is 12.3.